The van der Waals surface area contributed by atoms with Crippen molar-refractivity contribution in [1.82, 2.24) is 20.0 Å². The van der Waals surface area contributed by atoms with Crippen molar-refractivity contribution in [3.05, 3.63) is 77.2 Å². The number of aliphatic imine (C=N–C) groups is 1. The second-order valence-corrected chi connectivity index (χ2v) is 15.6. The molecular weight excluding hydrogens is 1050 g/mol. The molecular formula is C31H24K5N7O16S4. The van der Waals surface area contributed by atoms with Gasteiger partial charge in [-0.05, 0) is 73.0 Å². The van der Waals surface area contributed by atoms with Crippen LogP contribution in [0, 0.1) is 0 Å². The molecule has 23 nitrogen and oxygen atoms in total. The van der Waals surface area contributed by atoms with Crippen LogP contribution < -0.4 is 283 Å². The molecule has 0 radical (unpaired) electrons. The Kier molecular flexibility index (Phi) is 32.1. The van der Waals surface area contributed by atoms with Gasteiger partial charge < -0.3 is 34.9 Å². The van der Waals surface area contributed by atoms with Gasteiger partial charge in [-0.1, -0.05) is 0 Å². The first-order valence-corrected chi connectivity index (χ1v) is 20.1. The standard InChI is InChI=1S/C31H29N7O16S4.5K/c1-32-16-22-20(30(41)37(34-22)23-14-18(55-53-51-43)7-11-25(23)57(45,46)47)9-5-17(36-13-3-4-27(36)39)6-10-21-28(29(40)33-2)35-38(31(21)42)24-15-19(56-54-52-44)8-12-26(24)58(48,49)50;;;;;/h5-12,14-16,42-44H,3-4,13H2,1-2H3,(H,33,40)(H,45,46,47)(H,48,49,50);;;;;/q;5*+1/p-5. The molecule has 0 bridgehead atoms. The van der Waals surface area contributed by atoms with Gasteiger partial charge in [0.25, 0.3) is 11.8 Å². The molecule has 2 aliphatic rings. The van der Waals surface area contributed by atoms with E-state index in [1.54, 1.807) is 0 Å². The van der Waals surface area contributed by atoms with Crippen LogP contribution in [0.15, 0.2) is 95.6 Å². The van der Waals surface area contributed by atoms with Gasteiger partial charge >= 0.3 is 257 Å². The molecule has 1 fully saturated rings. The van der Waals surface area contributed by atoms with Crippen molar-refractivity contribution in [2.24, 2.45) is 10.1 Å². The minimum Gasteiger partial charge on any atom is -0.858 e. The molecule has 0 unspecified atom stereocenters. The molecule has 3 aromatic rings. The Balaban J connectivity index is 0.00000769. The largest absolute Gasteiger partial charge is 1.00 e. The normalized spacial score (nSPS) is 14.9. The van der Waals surface area contributed by atoms with E-state index in [-0.39, 0.29) is 303 Å². The van der Waals surface area contributed by atoms with E-state index in [0.717, 1.165) is 48.7 Å². The quantitative estimate of drug-likeness (QED) is 0.0203. The first kappa shape index (κ1) is 65.9. The number of carbonyl (C=O) groups is 3. The minimum absolute atomic E-state index is 0. The van der Waals surface area contributed by atoms with Crippen LogP contribution in [0.4, 0.5) is 5.69 Å². The van der Waals surface area contributed by atoms with Crippen molar-refractivity contribution in [1.29, 1.82) is 0 Å². The van der Waals surface area contributed by atoms with Gasteiger partial charge in [-0.2, -0.15) is 23.9 Å². The summed E-state index contributed by atoms with van der Waals surface area (Å²) in [5, 5.41) is 52.2. The molecule has 32 heteroatoms. The number of anilines is 1. The molecule has 3 amide bonds. The van der Waals surface area contributed by atoms with E-state index in [1.807, 2.05) is 0 Å². The smallest absolute Gasteiger partial charge is 0.858 e. The molecule has 1 aromatic heterocycles. The van der Waals surface area contributed by atoms with Crippen LogP contribution in [0.2, 0.25) is 0 Å². The SMILES string of the molecule is CN=CC1=NN(c2cc(SOO[O-])ccc2S(=O)(=O)[O-])C(=O)C1=CC=C(C=Cc1c(C(=O)NC)nn(-c2cc(SOO[O-])ccc2S(=O)(=O)[O-])c1[O-])N1CCCC1=O.[K+].[K+].[K+].[K+].[K+]. The van der Waals surface area contributed by atoms with Crippen molar-refractivity contribution in [2.75, 3.05) is 25.6 Å². The monoisotopic (exact) mass is 1070 g/mol. The summed E-state index contributed by atoms with van der Waals surface area (Å²) < 4.78 is 81.9. The average Bonchev–Trinajstić information content (AvgIpc) is 3.85. The fraction of sp³-hybridized carbons (Fsp3) is 0.161. The molecule has 1 saturated heterocycles. The molecule has 0 saturated carbocycles. The van der Waals surface area contributed by atoms with Crippen LogP contribution >= 0.6 is 24.1 Å². The zero-order valence-corrected chi connectivity index (χ0v) is 53.2. The number of benzene rings is 2. The predicted octanol–water partition coefficient (Wildman–Crippen LogP) is -15.9. The molecule has 5 rings (SSSR count). The Bertz CT molecular complexity index is 2540. The topological polar surface area (TPSA) is 333 Å². The van der Waals surface area contributed by atoms with Gasteiger partial charge in [0.05, 0.1) is 50.8 Å². The Morgan fingerprint density at radius 2 is 1.46 bits per heavy atom. The number of hydrogen-bond donors (Lipinski definition) is 1. The van der Waals surface area contributed by atoms with Crippen LogP contribution in [0.3, 0.4) is 0 Å². The average molecular weight is 1070 g/mol. The van der Waals surface area contributed by atoms with E-state index >= 15 is 0 Å². The first-order chi connectivity index (χ1) is 27.5. The Morgan fingerprint density at radius 3 is 1.95 bits per heavy atom. The minimum atomic E-state index is -5.26. The van der Waals surface area contributed by atoms with Crippen LogP contribution in [-0.4, -0.2) is 90.9 Å². The summed E-state index contributed by atoms with van der Waals surface area (Å²) in [7, 11) is -7.91. The molecule has 0 spiro atoms. The second kappa shape index (κ2) is 30.7. The third-order valence-electron chi connectivity index (χ3n) is 7.88. The molecule has 3 heterocycles. The van der Waals surface area contributed by atoms with Gasteiger partial charge in [-0.15, -0.1) is 0 Å². The van der Waals surface area contributed by atoms with Gasteiger partial charge in [0.1, 0.15) is 25.9 Å². The van der Waals surface area contributed by atoms with Gasteiger partial charge in [0, 0.05) is 54.3 Å². The molecule has 1 N–H and O–H groups in total. The van der Waals surface area contributed by atoms with Crippen LogP contribution in [-0.2, 0) is 48.6 Å². The van der Waals surface area contributed by atoms with Crippen molar-refractivity contribution in [3.63, 3.8) is 0 Å². The maximum atomic E-state index is 13.9. The van der Waals surface area contributed by atoms with E-state index < -0.39 is 70.4 Å². The maximum absolute atomic E-state index is 13.9. The Morgan fingerprint density at radius 1 is 0.905 bits per heavy atom. The molecule has 0 aliphatic carbocycles. The third-order valence-corrected chi connectivity index (χ3v) is 10.8. The number of nitrogens with zero attached hydrogens (tertiary/aromatic N) is 6. The summed E-state index contributed by atoms with van der Waals surface area (Å²) in [6, 6.07) is 5.85. The molecule has 2 aliphatic heterocycles. The first-order valence-electron chi connectivity index (χ1n) is 15.8. The summed E-state index contributed by atoms with van der Waals surface area (Å²) in [5.41, 5.74) is -2.45. The van der Waals surface area contributed by atoms with Gasteiger partial charge in [-0.25, -0.2) is 21.5 Å². The van der Waals surface area contributed by atoms with Crippen LogP contribution in [0.25, 0.3) is 11.8 Å². The zero-order chi connectivity index (χ0) is 42.4. The summed E-state index contributed by atoms with van der Waals surface area (Å²) in [6.45, 7) is 0.163. The number of likely N-dealkylation sites (tertiary alicyclic amines) is 1. The maximum Gasteiger partial charge on any atom is 1.00 e. The fourth-order valence-corrected chi connectivity index (χ4v) is 7.49. The van der Waals surface area contributed by atoms with Crippen molar-refractivity contribution >= 4 is 85.7 Å². The number of nitrogens with one attached hydrogen (secondary N) is 1. The Hall–Kier alpha value is 2.88. The van der Waals surface area contributed by atoms with E-state index in [0.29, 0.717) is 40.2 Å². The third kappa shape index (κ3) is 17.3. The number of amides is 3. The number of aromatic nitrogens is 2. The second-order valence-electron chi connectivity index (χ2n) is 11.3. The van der Waals surface area contributed by atoms with E-state index in [1.165, 1.54) is 37.2 Å². The number of hydrazone groups is 1. The van der Waals surface area contributed by atoms with Crippen LogP contribution in [0.5, 0.6) is 5.88 Å². The molecule has 63 heavy (non-hydrogen) atoms. The van der Waals surface area contributed by atoms with Crippen molar-refractivity contribution in [2.45, 2.75) is 32.4 Å². The van der Waals surface area contributed by atoms with E-state index in [4.69, 9.17) is 0 Å². The summed E-state index contributed by atoms with van der Waals surface area (Å²) in [5.74, 6) is -3.39. The number of rotatable bonds is 16. The summed E-state index contributed by atoms with van der Waals surface area (Å²) in [4.78, 5) is 43.1. The Labute approximate surface area is 580 Å². The molecule has 0 atom stereocenters. The van der Waals surface area contributed by atoms with Gasteiger partial charge in [-0.3, -0.25) is 29.5 Å². The fourth-order valence-electron chi connectivity index (χ4n) is 5.43. The van der Waals surface area contributed by atoms with Crippen molar-refractivity contribution < 1.29 is 332 Å². The number of allylic oxidation sites excluding steroid dienone is 3. The zero-order valence-electron chi connectivity index (χ0n) is 34.3. The number of hydrogen-bond acceptors (Lipinski definition) is 21. The summed E-state index contributed by atoms with van der Waals surface area (Å²) in [6.07, 6.45) is 6.41. The molecule has 2 aromatic carbocycles. The van der Waals surface area contributed by atoms with Crippen molar-refractivity contribution in [3.8, 4) is 11.6 Å². The van der Waals surface area contributed by atoms with Crippen LogP contribution in [0.1, 0.15) is 28.9 Å². The van der Waals surface area contributed by atoms with Gasteiger partial charge in [0.15, 0.2) is 5.69 Å². The molecule has 308 valence electrons. The van der Waals surface area contributed by atoms with E-state index in [9.17, 15) is 55.9 Å². The number of carbonyl (C=O) groups excluding carboxylic acids is 3. The van der Waals surface area contributed by atoms with E-state index in [2.05, 4.69) is 39.3 Å². The summed E-state index contributed by atoms with van der Waals surface area (Å²) >= 11 is 0.644. The predicted molar refractivity (Wildman–Crippen MR) is 190 cm³/mol. The van der Waals surface area contributed by atoms with Gasteiger partial charge in [0.2, 0.25) is 5.91 Å².